The number of carbonyl (C=O) groups excluding carboxylic acids is 2. The van der Waals surface area contributed by atoms with Gasteiger partial charge < -0.3 is 9.73 Å². The number of fused-ring (bicyclic) bond motifs is 1. The molecule has 1 atom stereocenters. The molecule has 7 nitrogen and oxygen atoms in total. The van der Waals surface area contributed by atoms with Crippen LogP contribution in [0.15, 0.2) is 77.4 Å². The van der Waals surface area contributed by atoms with Crippen molar-refractivity contribution in [1.82, 2.24) is 15.1 Å². The lowest BCUT2D eigenvalue weighted by molar-refractivity contribution is -0.126. The fourth-order valence-electron chi connectivity index (χ4n) is 4.39. The van der Waals surface area contributed by atoms with E-state index in [1.54, 1.807) is 48.2 Å². The number of anilines is 1. The zero-order chi connectivity index (χ0) is 24.6. The third kappa shape index (κ3) is 4.12. The summed E-state index contributed by atoms with van der Waals surface area (Å²) in [5, 5.41) is 7.48. The van der Waals surface area contributed by atoms with E-state index >= 15 is 0 Å². The van der Waals surface area contributed by atoms with Crippen LogP contribution in [0.25, 0.3) is 11.5 Å². The number of nitrogens with zero attached hydrogens (tertiary/aromatic N) is 3. The van der Waals surface area contributed by atoms with Gasteiger partial charge in [0.15, 0.2) is 5.76 Å². The second kappa shape index (κ2) is 8.87. The molecular formula is C27H25FN4O3. The Morgan fingerprint density at radius 1 is 1.11 bits per heavy atom. The molecule has 0 spiro atoms. The molecule has 0 saturated carbocycles. The molecule has 2 aromatic carbocycles. The van der Waals surface area contributed by atoms with Gasteiger partial charge in [-0.3, -0.25) is 19.2 Å². The van der Waals surface area contributed by atoms with Crippen molar-refractivity contribution in [3.8, 4) is 11.5 Å². The highest BCUT2D eigenvalue weighted by molar-refractivity contribution is 6.12. The molecule has 1 aliphatic heterocycles. The molecule has 8 heteroatoms. The second-order valence-corrected chi connectivity index (χ2v) is 8.79. The molecule has 1 N–H and O–H groups in total. The number of amides is 2. The number of furan rings is 1. The van der Waals surface area contributed by atoms with Crippen LogP contribution in [0.4, 0.5) is 10.1 Å². The minimum absolute atomic E-state index is 0.152. The van der Waals surface area contributed by atoms with Crippen LogP contribution in [0.2, 0.25) is 0 Å². The van der Waals surface area contributed by atoms with E-state index in [1.165, 1.54) is 17.0 Å². The van der Waals surface area contributed by atoms with Crippen molar-refractivity contribution in [2.75, 3.05) is 4.90 Å². The van der Waals surface area contributed by atoms with Crippen molar-refractivity contribution < 1.29 is 18.4 Å². The van der Waals surface area contributed by atoms with E-state index in [2.05, 4.69) is 17.3 Å². The summed E-state index contributed by atoms with van der Waals surface area (Å²) in [4.78, 5) is 29.0. The number of hydrogen-bond acceptors (Lipinski definition) is 4. The first-order valence-corrected chi connectivity index (χ1v) is 11.5. The van der Waals surface area contributed by atoms with Crippen LogP contribution < -0.4 is 10.2 Å². The lowest BCUT2D eigenvalue weighted by atomic mass is 9.93. The van der Waals surface area contributed by atoms with Gasteiger partial charge in [-0.2, -0.15) is 5.10 Å². The van der Waals surface area contributed by atoms with Crippen LogP contribution in [0, 0.1) is 5.82 Å². The molecule has 0 bridgehead atoms. The maximum absolute atomic E-state index is 13.8. The molecule has 2 aromatic heterocycles. The molecule has 5 rings (SSSR count). The molecule has 1 aliphatic rings. The average Bonchev–Trinajstić information content (AvgIpc) is 3.54. The smallest absolute Gasteiger partial charge is 0.277 e. The highest BCUT2D eigenvalue weighted by atomic mass is 19.1. The van der Waals surface area contributed by atoms with Gasteiger partial charge in [-0.25, -0.2) is 4.39 Å². The monoisotopic (exact) mass is 472 g/mol. The first-order valence-electron chi connectivity index (χ1n) is 11.5. The van der Waals surface area contributed by atoms with Gasteiger partial charge in [-0.15, -0.1) is 0 Å². The normalized spacial score (nSPS) is 17.3. The van der Waals surface area contributed by atoms with Gasteiger partial charge in [-0.1, -0.05) is 31.2 Å². The fraction of sp³-hybridized carbons (Fsp3) is 0.222. The molecule has 0 fully saturated rings. The van der Waals surface area contributed by atoms with E-state index in [0.29, 0.717) is 22.8 Å². The lowest BCUT2D eigenvalue weighted by Crippen LogP contribution is -2.64. The number of rotatable bonds is 6. The molecule has 3 heterocycles. The molecule has 35 heavy (non-hydrogen) atoms. The number of benzene rings is 2. The Labute approximate surface area is 202 Å². The summed E-state index contributed by atoms with van der Waals surface area (Å²) < 4.78 is 20.3. The molecule has 4 aromatic rings. The fourth-order valence-corrected chi connectivity index (χ4v) is 4.39. The average molecular weight is 473 g/mol. The number of hydrogen-bond donors (Lipinski definition) is 1. The van der Waals surface area contributed by atoms with Crippen LogP contribution >= 0.6 is 0 Å². The van der Waals surface area contributed by atoms with Crippen LogP contribution in [0.1, 0.15) is 35.5 Å². The van der Waals surface area contributed by atoms with E-state index in [9.17, 15) is 14.0 Å². The number of nitrogens with one attached hydrogen (secondary N) is 1. The number of aryl methyl sites for hydroxylation is 1. The SMILES string of the molecule is CCc1ccc(N2C(=O)c3cc(-c4ccco4)nn3C[C@]2(C)C(=O)NCc2ccc(F)cc2)cc1. The number of aromatic nitrogens is 2. The topological polar surface area (TPSA) is 80.4 Å². The Bertz CT molecular complexity index is 1360. The van der Waals surface area contributed by atoms with Crippen molar-refractivity contribution in [1.29, 1.82) is 0 Å². The van der Waals surface area contributed by atoms with Crippen molar-refractivity contribution >= 4 is 17.5 Å². The van der Waals surface area contributed by atoms with Gasteiger partial charge in [0.2, 0.25) is 5.91 Å². The van der Waals surface area contributed by atoms with Gasteiger partial charge in [0.05, 0.1) is 12.8 Å². The van der Waals surface area contributed by atoms with E-state index in [0.717, 1.165) is 17.5 Å². The predicted octanol–water partition coefficient (Wildman–Crippen LogP) is 4.58. The Kier molecular flexibility index (Phi) is 5.72. The first kappa shape index (κ1) is 22.6. The van der Waals surface area contributed by atoms with E-state index in [-0.39, 0.29) is 30.7 Å². The second-order valence-electron chi connectivity index (χ2n) is 8.79. The molecule has 0 aliphatic carbocycles. The van der Waals surface area contributed by atoms with Crippen LogP contribution in [-0.2, 0) is 24.3 Å². The third-order valence-electron chi connectivity index (χ3n) is 6.39. The van der Waals surface area contributed by atoms with Crippen LogP contribution in [0.3, 0.4) is 0 Å². The summed E-state index contributed by atoms with van der Waals surface area (Å²) in [7, 11) is 0. The van der Waals surface area contributed by atoms with Gasteiger partial charge in [0.1, 0.15) is 22.7 Å². The minimum atomic E-state index is -1.26. The summed E-state index contributed by atoms with van der Waals surface area (Å²) in [5.41, 5.74) is 2.15. The van der Waals surface area contributed by atoms with Crippen molar-refractivity contribution in [3.05, 3.63) is 95.6 Å². The number of carbonyl (C=O) groups is 2. The summed E-state index contributed by atoms with van der Waals surface area (Å²) in [6.07, 6.45) is 2.41. The molecule has 178 valence electrons. The van der Waals surface area contributed by atoms with Gasteiger partial charge in [0.25, 0.3) is 5.91 Å². The van der Waals surface area contributed by atoms with Crippen LogP contribution in [-0.4, -0.2) is 27.1 Å². The molecule has 0 unspecified atom stereocenters. The Hall–Kier alpha value is -4.20. The maximum Gasteiger partial charge on any atom is 0.277 e. The zero-order valence-corrected chi connectivity index (χ0v) is 19.5. The summed E-state index contributed by atoms with van der Waals surface area (Å²) in [5.74, 6) is -0.466. The third-order valence-corrected chi connectivity index (χ3v) is 6.39. The molecule has 0 radical (unpaired) electrons. The largest absolute Gasteiger partial charge is 0.463 e. The highest BCUT2D eigenvalue weighted by Gasteiger charge is 2.49. The highest BCUT2D eigenvalue weighted by Crippen LogP contribution is 2.34. The zero-order valence-electron chi connectivity index (χ0n) is 19.5. The lowest BCUT2D eigenvalue weighted by Gasteiger charge is -2.43. The van der Waals surface area contributed by atoms with E-state index < -0.39 is 5.54 Å². The van der Waals surface area contributed by atoms with Gasteiger partial charge in [0, 0.05) is 18.3 Å². The Balaban J connectivity index is 1.52. The quantitative estimate of drug-likeness (QED) is 0.446. The van der Waals surface area contributed by atoms with Crippen LogP contribution in [0.5, 0.6) is 0 Å². The summed E-state index contributed by atoms with van der Waals surface area (Å²) in [6, 6.07) is 18.8. The standard InChI is InChI=1S/C27H25FN4O3/c1-3-18-8-12-21(13-9-18)32-25(33)23-15-22(24-5-4-14-35-24)30-31(23)17-27(32,2)26(34)29-16-19-6-10-20(28)11-7-19/h4-15H,3,16-17H2,1-2H3,(H,29,34)/t27-/m1/s1. The molecular weight excluding hydrogens is 447 g/mol. The van der Waals surface area contributed by atoms with Gasteiger partial charge in [-0.05, 0) is 60.9 Å². The van der Waals surface area contributed by atoms with Crippen molar-refractivity contribution in [3.63, 3.8) is 0 Å². The molecule has 0 saturated heterocycles. The summed E-state index contributed by atoms with van der Waals surface area (Å²) >= 11 is 0. The van der Waals surface area contributed by atoms with Crippen molar-refractivity contribution in [2.24, 2.45) is 0 Å². The maximum atomic E-state index is 13.8. The first-order chi connectivity index (χ1) is 16.9. The van der Waals surface area contributed by atoms with Gasteiger partial charge >= 0.3 is 0 Å². The summed E-state index contributed by atoms with van der Waals surface area (Å²) in [6.45, 7) is 4.15. The Morgan fingerprint density at radius 3 is 2.49 bits per heavy atom. The Morgan fingerprint density at radius 2 is 1.83 bits per heavy atom. The van der Waals surface area contributed by atoms with Crippen molar-refractivity contribution in [2.45, 2.75) is 38.9 Å². The molecule has 2 amide bonds. The number of halogens is 1. The minimum Gasteiger partial charge on any atom is -0.463 e. The van der Waals surface area contributed by atoms with E-state index in [1.807, 2.05) is 24.3 Å². The van der Waals surface area contributed by atoms with E-state index in [4.69, 9.17) is 4.42 Å². The predicted molar refractivity (Wildman–Crippen MR) is 129 cm³/mol.